The van der Waals surface area contributed by atoms with Gasteiger partial charge in [0.05, 0.1) is 12.0 Å². The molecule has 3 rings (SSSR count). The first kappa shape index (κ1) is 17.7. The molecule has 1 heterocycles. The lowest BCUT2D eigenvalue weighted by atomic mass is 9.85. The molecule has 2 aromatic carbocycles. The highest BCUT2D eigenvalue weighted by atomic mass is 19.3. The molecule has 0 unspecified atom stereocenters. The molecule has 0 saturated carbocycles. The molecule has 26 heavy (non-hydrogen) atoms. The van der Waals surface area contributed by atoms with Gasteiger partial charge in [-0.1, -0.05) is 24.3 Å². The average molecular weight is 360 g/mol. The van der Waals surface area contributed by atoms with Gasteiger partial charge in [0.15, 0.2) is 5.96 Å². The minimum atomic E-state index is -2.91. The topological polar surface area (TPSA) is 93.9 Å². The Morgan fingerprint density at radius 3 is 2.42 bits per heavy atom. The molecule has 0 saturated heterocycles. The lowest BCUT2D eigenvalue weighted by molar-refractivity contribution is -0.129. The van der Waals surface area contributed by atoms with E-state index < -0.39 is 18.6 Å². The number of halogens is 2. The van der Waals surface area contributed by atoms with Crippen molar-refractivity contribution < 1.29 is 18.3 Å². The number of amides is 1. The van der Waals surface area contributed by atoms with Crippen molar-refractivity contribution in [2.45, 2.75) is 18.6 Å². The molecule has 6 nitrogen and oxygen atoms in total. The smallest absolute Gasteiger partial charge is 0.387 e. The number of benzene rings is 2. The number of hydrogen-bond donors (Lipinski definition) is 2. The summed E-state index contributed by atoms with van der Waals surface area (Å²) in [5.41, 5.74) is 13.6. The molecule has 0 bridgehead atoms. The van der Waals surface area contributed by atoms with Crippen molar-refractivity contribution in [1.82, 2.24) is 4.90 Å². The Morgan fingerprint density at radius 2 is 1.81 bits per heavy atom. The highest BCUT2D eigenvalue weighted by Gasteiger charge is 2.38. The fourth-order valence-corrected chi connectivity index (χ4v) is 2.95. The molecule has 1 aliphatic rings. The molecular formula is C18H18F2N4O2. The second-order valence-corrected chi connectivity index (χ2v) is 5.92. The third kappa shape index (κ3) is 3.44. The number of ether oxygens (including phenoxy) is 1. The van der Waals surface area contributed by atoms with E-state index in [1.165, 1.54) is 24.1 Å². The maximum atomic E-state index is 12.9. The van der Waals surface area contributed by atoms with Crippen LogP contribution >= 0.6 is 0 Å². The van der Waals surface area contributed by atoms with Gasteiger partial charge >= 0.3 is 6.61 Å². The van der Waals surface area contributed by atoms with Gasteiger partial charge in [0.1, 0.15) is 5.75 Å². The van der Waals surface area contributed by atoms with Gasteiger partial charge in [0.25, 0.3) is 0 Å². The number of rotatable bonds is 4. The summed E-state index contributed by atoms with van der Waals surface area (Å²) in [6.07, 6.45) is 0. The van der Waals surface area contributed by atoms with Gasteiger partial charge in [-0.15, -0.1) is 0 Å². The van der Waals surface area contributed by atoms with Crippen molar-refractivity contribution in [3.63, 3.8) is 0 Å². The number of nitrogens with zero attached hydrogens (tertiary/aromatic N) is 2. The molecule has 1 amide bonds. The minimum Gasteiger partial charge on any atom is -0.435 e. The van der Waals surface area contributed by atoms with Gasteiger partial charge < -0.3 is 16.2 Å². The van der Waals surface area contributed by atoms with Crippen molar-refractivity contribution in [2.24, 2.45) is 10.7 Å². The second-order valence-electron chi connectivity index (χ2n) is 5.92. The summed E-state index contributed by atoms with van der Waals surface area (Å²) in [5, 5.41) is 0. The standard InChI is InChI=1S/C18H18F2N4O2/c1-24-16(25)14(10-5-7-13(8-6-10)26-17(19)20)15(23-18(24)22)11-3-2-4-12(21)9-11/h2-9,14-15,17H,21H2,1H3,(H2,22,23)/t14-,15-/m1/s1. The Bertz CT molecular complexity index is 839. The van der Waals surface area contributed by atoms with Gasteiger partial charge in [-0.2, -0.15) is 8.78 Å². The van der Waals surface area contributed by atoms with Crippen molar-refractivity contribution >= 4 is 17.6 Å². The molecule has 1 aliphatic heterocycles. The third-order valence-corrected chi connectivity index (χ3v) is 4.24. The number of nitrogen functional groups attached to an aromatic ring is 1. The van der Waals surface area contributed by atoms with E-state index >= 15 is 0 Å². The van der Waals surface area contributed by atoms with Crippen LogP contribution in [0.15, 0.2) is 53.5 Å². The van der Waals surface area contributed by atoms with Crippen molar-refractivity contribution in [3.8, 4) is 5.75 Å². The Morgan fingerprint density at radius 1 is 1.12 bits per heavy atom. The number of alkyl halides is 2. The highest BCUT2D eigenvalue weighted by Crippen LogP contribution is 2.39. The zero-order chi connectivity index (χ0) is 18.8. The van der Waals surface area contributed by atoms with Crippen molar-refractivity contribution in [2.75, 3.05) is 12.8 Å². The molecule has 8 heteroatoms. The van der Waals surface area contributed by atoms with E-state index in [9.17, 15) is 13.6 Å². The summed E-state index contributed by atoms with van der Waals surface area (Å²) in [5.74, 6) is -0.776. The van der Waals surface area contributed by atoms with Crippen LogP contribution in [0.5, 0.6) is 5.75 Å². The number of hydrogen-bond acceptors (Lipinski definition) is 5. The van der Waals surface area contributed by atoms with E-state index in [1.807, 2.05) is 6.07 Å². The van der Waals surface area contributed by atoms with E-state index in [4.69, 9.17) is 11.5 Å². The van der Waals surface area contributed by atoms with E-state index in [2.05, 4.69) is 9.73 Å². The summed E-state index contributed by atoms with van der Waals surface area (Å²) >= 11 is 0. The van der Waals surface area contributed by atoms with Gasteiger partial charge in [-0.3, -0.25) is 9.69 Å². The van der Waals surface area contributed by atoms with Crippen LogP contribution in [-0.2, 0) is 4.79 Å². The number of guanidine groups is 1. The minimum absolute atomic E-state index is 0.0175. The largest absolute Gasteiger partial charge is 0.435 e. The molecular weight excluding hydrogens is 342 g/mol. The summed E-state index contributed by atoms with van der Waals surface area (Å²) in [7, 11) is 1.54. The zero-order valence-electron chi connectivity index (χ0n) is 14.0. The van der Waals surface area contributed by atoms with Crippen LogP contribution in [0, 0.1) is 0 Å². The number of carbonyl (C=O) groups is 1. The summed E-state index contributed by atoms with van der Waals surface area (Å²) < 4.78 is 29.0. The number of anilines is 1. The Kier molecular flexibility index (Phi) is 4.75. The maximum Gasteiger partial charge on any atom is 0.387 e. The Hall–Kier alpha value is -3.16. The lowest BCUT2D eigenvalue weighted by Gasteiger charge is -2.33. The number of carbonyl (C=O) groups excluding carboxylic acids is 1. The molecule has 2 aromatic rings. The fourth-order valence-electron chi connectivity index (χ4n) is 2.95. The van der Waals surface area contributed by atoms with Gasteiger partial charge in [0.2, 0.25) is 5.91 Å². The highest BCUT2D eigenvalue weighted by molar-refractivity contribution is 6.01. The predicted molar refractivity (Wildman–Crippen MR) is 93.8 cm³/mol. The van der Waals surface area contributed by atoms with Crippen LogP contribution in [0.4, 0.5) is 14.5 Å². The van der Waals surface area contributed by atoms with Crippen LogP contribution in [-0.4, -0.2) is 30.4 Å². The Balaban J connectivity index is 2.02. The molecule has 2 atom stereocenters. The average Bonchev–Trinajstić information content (AvgIpc) is 2.60. The maximum absolute atomic E-state index is 12.9. The van der Waals surface area contributed by atoms with E-state index in [0.29, 0.717) is 11.3 Å². The van der Waals surface area contributed by atoms with E-state index in [0.717, 1.165) is 5.56 Å². The summed E-state index contributed by atoms with van der Waals surface area (Å²) in [6.45, 7) is -2.91. The number of nitrogens with two attached hydrogens (primary N) is 2. The molecule has 0 spiro atoms. The van der Waals surface area contributed by atoms with Gasteiger partial charge in [-0.25, -0.2) is 4.99 Å². The van der Waals surface area contributed by atoms with Gasteiger partial charge in [0, 0.05) is 12.7 Å². The summed E-state index contributed by atoms with van der Waals surface area (Å²) in [4.78, 5) is 18.6. The molecule has 4 N–H and O–H groups in total. The fraction of sp³-hybridized carbons (Fsp3) is 0.222. The SMILES string of the molecule is CN1C(=O)[C@H](c2ccc(OC(F)F)cc2)[C@@H](c2cccc(N)c2)N=C1N. The lowest BCUT2D eigenvalue weighted by Crippen LogP contribution is -2.46. The molecule has 0 aliphatic carbocycles. The molecule has 0 radical (unpaired) electrons. The molecule has 0 aromatic heterocycles. The first-order valence-corrected chi connectivity index (χ1v) is 7.88. The molecule has 0 fully saturated rings. The van der Waals surface area contributed by atoms with Crippen molar-refractivity contribution in [3.05, 3.63) is 59.7 Å². The van der Waals surface area contributed by atoms with Crippen LogP contribution in [0.3, 0.4) is 0 Å². The first-order valence-electron chi connectivity index (χ1n) is 7.88. The van der Waals surface area contributed by atoms with Crippen LogP contribution in [0.1, 0.15) is 23.1 Å². The summed E-state index contributed by atoms with van der Waals surface area (Å²) in [6, 6.07) is 12.4. The number of aliphatic imine (C=N–C) groups is 1. The van der Waals surface area contributed by atoms with Crippen LogP contribution in [0.25, 0.3) is 0 Å². The monoisotopic (exact) mass is 360 g/mol. The first-order chi connectivity index (χ1) is 12.4. The quantitative estimate of drug-likeness (QED) is 0.819. The van der Waals surface area contributed by atoms with Crippen molar-refractivity contribution in [1.29, 1.82) is 0 Å². The number of likely N-dealkylation sites (N-methyl/N-ethyl adjacent to an activating group) is 1. The second kappa shape index (κ2) is 6.99. The van der Waals surface area contributed by atoms with E-state index in [1.54, 1.807) is 30.3 Å². The van der Waals surface area contributed by atoms with E-state index in [-0.39, 0.29) is 17.6 Å². The normalized spacial score (nSPS) is 20.2. The predicted octanol–water partition coefficient (Wildman–Crippen LogP) is 2.48. The van der Waals surface area contributed by atoms with Gasteiger partial charge in [-0.05, 0) is 35.4 Å². The third-order valence-electron chi connectivity index (χ3n) is 4.24. The van der Waals surface area contributed by atoms with Crippen LogP contribution < -0.4 is 16.2 Å². The van der Waals surface area contributed by atoms with Crippen LogP contribution in [0.2, 0.25) is 0 Å². The Labute approximate surface area is 149 Å². The molecule has 136 valence electrons. The zero-order valence-corrected chi connectivity index (χ0v) is 14.0.